The van der Waals surface area contributed by atoms with Crippen LogP contribution in [-0.4, -0.2) is 22.8 Å². The van der Waals surface area contributed by atoms with E-state index in [1.54, 1.807) is 11.9 Å². The number of aromatic nitrogens is 1. The molecule has 0 atom stereocenters. The summed E-state index contributed by atoms with van der Waals surface area (Å²) in [6.07, 6.45) is 1.39. The van der Waals surface area contributed by atoms with E-state index in [2.05, 4.69) is 4.98 Å². The van der Waals surface area contributed by atoms with E-state index in [9.17, 15) is 4.79 Å². The second-order valence-corrected chi connectivity index (χ2v) is 5.37. The molecular weight excluding hydrogens is 295 g/mol. The molecule has 1 heterocycles. The number of pyridine rings is 1. The molecule has 0 spiro atoms. The summed E-state index contributed by atoms with van der Waals surface area (Å²) in [4.78, 5) is 17.8. The molecule has 0 saturated carbocycles. The summed E-state index contributed by atoms with van der Waals surface area (Å²) in [6, 6.07) is 9.43. The molecule has 0 unspecified atom stereocenters. The third-order valence-corrected chi connectivity index (χ3v) is 3.58. The van der Waals surface area contributed by atoms with Crippen molar-refractivity contribution in [3.8, 4) is 0 Å². The van der Waals surface area contributed by atoms with Gasteiger partial charge in [0.05, 0.1) is 10.6 Å². The minimum absolute atomic E-state index is 0.178. The highest BCUT2D eigenvalue weighted by Crippen LogP contribution is 2.20. The molecule has 5 heteroatoms. The van der Waals surface area contributed by atoms with Crippen molar-refractivity contribution in [2.75, 3.05) is 7.05 Å². The summed E-state index contributed by atoms with van der Waals surface area (Å²) < 4.78 is 0. The van der Waals surface area contributed by atoms with Gasteiger partial charge in [0.2, 0.25) is 0 Å². The molecule has 0 N–H and O–H groups in total. The zero-order valence-electron chi connectivity index (χ0n) is 11.2. The van der Waals surface area contributed by atoms with Crippen molar-refractivity contribution in [3.05, 3.63) is 63.4 Å². The quantitative estimate of drug-likeness (QED) is 0.804. The van der Waals surface area contributed by atoms with Crippen molar-refractivity contribution in [2.45, 2.75) is 13.5 Å². The molecule has 1 amide bonds. The lowest BCUT2D eigenvalue weighted by Crippen LogP contribution is -2.26. The van der Waals surface area contributed by atoms with Crippen LogP contribution in [0.5, 0.6) is 0 Å². The topological polar surface area (TPSA) is 33.2 Å². The van der Waals surface area contributed by atoms with Gasteiger partial charge < -0.3 is 4.90 Å². The molecule has 0 radical (unpaired) electrons. The maximum Gasteiger partial charge on any atom is 0.255 e. The SMILES string of the molecule is Cc1ccccc1CN(C)C(=O)c1cc(Cl)ncc1Cl. The van der Waals surface area contributed by atoms with Crippen LogP contribution in [0.25, 0.3) is 0 Å². The zero-order valence-corrected chi connectivity index (χ0v) is 12.7. The molecule has 0 aliphatic rings. The second kappa shape index (κ2) is 6.25. The van der Waals surface area contributed by atoms with Crippen LogP contribution in [0.3, 0.4) is 0 Å². The Morgan fingerprint density at radius 2 is 2.00 bits per heavy atom. The molecule has 0 aliphatic heterocycles. The molecule has 0 fully saturated rings. The molecule has 104 valence electrons. The van der Waals surface area contributed by atoms with Gasteiger partial charge >= 0.3 is 0 Å². The fourth-order valence-electron chi connectivity index (χ4n) is 1.90. The highest BCUT2D eigenvalue weighted by molar-refractivity contribution is 6.35. The van der Waals surface area contributed by atoms with Gasteiger partial charge in [0.1, 0.15) is 5.15 Å². The molecule has 2 aromatic rings. The highest BCUT2D eigenvalue weighted by Gasteiger charge is 2.16. The Bertz CT molecular complexity index is 644. The Balaban J connectivity index is 2.21. The van der Waals surface area contributed by atoms with Gasteiger partial charge in [0.25, 0.3) is 5.91 Å². The van der Waals surface area contributed by atoms with Crippen LogP contribution in [0.2, 0.25) is 10.2 Å². The van der Waals surface area contributed by atoms with Crippen LogP contribution in [0.4, 0.5) is 0 Å². The first-order valence-electron chi connectivity index (χ1n) is 6.10. The largest absolute Gasteiger partial charge is 0.337 e. The molecule has 1 aromatic carbocycles. The molecule has 0 bridgehead atoms. The average molecular weight is 309 g/mol. The van der Waals surface area contributed by atoms with Gasteiger partial charge in [-0.05, 0) is 24.1 Å². The Morgan fingerprint density at radius 1 is 1.30 bits per heavy atom. The number of carbonyl (C=O) groups is 1. The normalized spacial score (nSPS) is 10.4. The van der Waals surface area contributed by atoms with E-state index >= 15 is 0 Å². The number of aryl methyl sites for hydroxylation is 1. The van der Waals surface area contributed by atoms with E-state index in [1.165, 1.54) is 12.3 Å². The molecule has 1 aromatic heterocycles. The lowest BCUT2D eigenvalue weighted by atomic mass is 10.1. The Morgan fingerprint density at radius 3 is 2.70 bits per heavy atom. The summed E-state index contributed by atoms with van der Waals surface area (Å²) in [6.45, 7) is 2.53. The lowest BCUT2D eigenvalue weighted by molar-refractivity contribution is 0.0785. The van der Waals surface area contributed by atoms with Crippen LogP contribution in [0, 0.1) is 6.92 Å². The Labute approximate surface area is 128 Å². The molecule has 0 saturated heterocycles. The molecule has 3 nitrogen and oxygen atoms in total. The summed E-state index contributed by atoms with van der Waals surface area (Å²) in [5.74, 6) is -0.178. The minimum Gasteiger partial charge on any atom is -0.337 e. The van der Waals surface area contributed by atoms with Crippen molar-refractivity contribution in [3.63, 3.8) is 0 Å². The first kappa shape index (κ1) is 14.8. The number of amides is 1. The maximum absolute atomic E-state index is 12.4. The molecule has 2 rings (SSSR count). The van der Waals surface area contributed by atoms with E-state index in [-0.39, 0.29) is 11.1 Å². The Kier molecular flexibility index (Phi) is 4.63. The predicted molar refractivity (Wildman–Crippen MR) is 81.2 cm³/mol. The molecule has 0 aliphatic carbocycles. The number of nitrogens with zero attached hydrogens (tertiary/aromatic N) is 2. The first-order valence-corrected chi connectivity index (χ1v) is 6.85. The van der Waals surface area contributed by atoms with Crippen LogP contribution < -0.4 is 0 Å². The van der Waals surface area contributed by atoms with Crippen LogP contribution >= 0.6 is 23.2 Å². The minimum atomic E-state index is -0.178. The van der Waals surface area contributed by atoms with Gasteiger partial charge in [0.15, 0.2) is 0 Å². The Hall–Kier alpha value is -1.58. The predicted octanol–water partition coefficient (Wildman–Crippen LogP) is 3.97. The number of benzene rings is 1. The van der Waals surface area contributed by atoms with Gasteiger partial charge in [-0.15, -0.1) is 0 Å². The average Bonchev–Trinajstić information content (AvgIpc) is 2.43. The second-order valence-electron chi connectivity index (χ2n) is 4.57. The molecular formula is C15H14Cl2N2O. The summed E-state index contributed by atoms with van der Waals surface area (Å²) in [5.41, 5.74) is 2.60. The maximum atomic E-state index is 12.4. The van der Waals surface area contributed by atoms with Crippen LogP contribution in [0.1, 0.15) is 21.5 Å². The fraction of sp³-hybridized carbons (Fsp3) is 0.200. The smallest absolute Gasteiger partial charge is 0.255 e. The first-order chi connectivity index (χ1) is 9.49. The number of hydrogen-bond donors (Lipinski definition) is 0. The van der Waals surface area contributed by atoms with E-state index in [4.69, 9.17) is 23.2 Å². The number of hydrogen-bond acceptors (Lipinski definition) is 2. The van der Waals surface area contributed by atoms with Gasteiger partial charge in [-0.3, -0.25) is 4.79 Å². The van der Waals surface area contributed by atoms with Crippen molar-refractivity contribution >= 4 is 29.1 Å². The van der Waals surface area contributed by atoms with Crippen molar-refractivity contribution in [2.24, 2.45) is 0 Å². The number of carbonyl (C=O) groups excluding carboxylic acids is 1. The van der Waals surface area contributed by atoms with Gasteiger partial charge in [-0.2, -0.15) is 0 Å². The zero-order chi connectivity index (χ0) is 14.7. The van der Waals surface area contributed by atoms with E-state index in [1.807, 2.05) is 31.2 Å². The molecule has 20 heavy (non-hydrogen) atoms. The number of rotatable bonds is 3. The summed E-state index contributed by atoms with van der Waals surface area (Å²) in [5, 5.41) is 0.554. The lowest BCUT2D eigenvalue weighted by Gasteiger charge is -2.19. The van der Waals surface area contributed by atoms with Gasteiger partial charge in [-0.1, -0.05) is 47.5 Å². The fourth-order valence-corrected chi connectivity index (χ4v) is 2.24. The summed E-state index contributed by atoms with van der Waals surface area (Å²) in [7, 11) is 1.74. The van der Waals surface area contributed by atoms with E-state index < -0.39 is 0 Å². The third kappa shape index (κ3) is 3.30. The van der Waals surface area contributed by atoms with Gasteiger partial charge in [0, 0.05) is 19.8 Å². The number of halogens is 2. The monoisotopic (exact) mass is 308 g/mol. The van der Waals surface area contributed by atoms with Crippen molar-refractivity contribution in [1.29, 1.82) is 0 Å². The summed E-state index contributed by atoms with van der Waals surface area (Å²) >= 11 is 11.8. The van der Waals surface area contributed by atoms with E-state index in [0.29, 0.717) is 17.1 Å². The highest BCUT2D eigenvalue weighted by atomic mass is 35.5. The van der Waals surface area contributed by atoms with Crippen molar-refractivity contribution < 1.29 is 4.79 Å². The van der Waals surface area contributed by atoms with Gasteiger partial charge in [-0.25, -0.2) is 4.98 Å². The van der Waals surface area contributed by atoms with Crippen molar-refractivity contribution in [1.82, 2.24) is 9.88 Å². The van der Waals surface area contributed by atoms with Crippen LogP contribution in [-0.2, 0) is 6.54 Å². The van der Waals surface area contributed by atoms with Crippen LogP contribution in [0.15, 0.2) is 36.5 Å². The standard InChI is InChI=1S/C15H14Cl2N2O/c1-10-5-3-4-6-11(10)9-19(2)15(20)12-7-14(17)18-8-13(12)16/h3-8H,9H2,1-2H3. The van der Waals surface area contributed by atoms with E-state index in [0.717, 1.165) is 11.1 Å². The third-order valence-electron chi connectivity index (χ3n) is 3.07.